The summed E-state index contributed by atoms with van der Waals surface area (Å²) >= 11 is 0. The van der Waals surface area contributed by atoms with Crippen molar-refractivity contribution < 1.29 is 14.7 Å². The number of amides is 2. The monoisotopic (exact) mass is 254 g/mol. The molecule has 2 aliphatic heterocycles. The Kier molecular flexibility index (Phi) is 4.72. The lowest BCUT2D eigenvalue weighted by Gasteiger charge is -2.32. The third-order valence-corrected chi connectivity index (χ3v) is 3.87. The van der Waals surface area contributed by atoms with Crippen molar-refractivity contribution in [1.29, 1.82) is 0 Å². The minimum Gasteiger partial charge on any atom is -0.396 e. The van der Waals surface area contributed by atoms with Gasteiger partial charge < -0.3 is 5.11 Å². The van der Waals surface area contributed by atoms with Crippen LogP contribution in [0.25, 0.3) is 0 Å². The van der Waals surface area contributed by atoms with Crippen LogP contribution in [0.3, 0.4) is 0 Å². The summed E-state index contributed by atoms with van der Waals surface area (Å²) in [6.07, 6.45) is 4.34. The van der Waals surface area contributed by atoms with Crippen LogP contribution >= 0.6 is 0 Å². The molecule has 1 N–H and O–H groups in total. The van der Waals surface area contributed by atoms with E-state index in [1.54, 1.807) is 0 Å². The average molecular weight is 254 g/mol. The normalized spacial score (nSPS) is 25.7. The van der Waals surface area contributed by atoms with E-state index in [2.05, 4.69) is 4.90 Å². The summed E-state index contributed by atoms with van der Waals surface area (Å²) in [6.45, 7) is 2.96. The van der Waals surface area contributed by atoms with Crippen molar-refractivity contribution >= 4 is 11.8 Å². The highest BCUT2D eigenvalue weighted by atomic mass is 16.3. The lowest BCUT2D eigenvalue weighted by molar-refractivity contribution is -0.142. The zero-order valence-corrected chi connectivity index (χ0v) is 10.8. The van der Waals surface area contributed by atoms with Crippen molar-refractivity contribution in [1.82, 2.24) is 9.80 Å². The number of carbonyl (C=O) groups is 2. The number of likely N-dealkylation sites (tertiary alicyclic amines) is 2. The largest absolute Gasteiger partial charge is 0.396 e. The molecule has 0 aromatic carbocycles. The smallest absolute Gasteiger partial charge is 0.243 e. The Morgan fingerprint density at radius 1 is 1.33 bits per heavy atom. The van der Waals surface area contributed by atoms with Gasteiger partial charge >= 0.3 is 0 Å². The highest BCUT2D eigenvalue weighted by molar-refractivity contribution is 5.97. The predicted molar refractivity (Wildman–Crippen MR) is 66.8 cm³/mol. The third kappa shape index (κ3) is 3.29. The Balaban J connectivity index is 1.81. The molecule has 1 unspecified atom stereocenters. The lowest BCUT2D eigenvalue weighted by Crippen LogP contribution is -2.44. The van der Waals surface area contributed by atoms with Crippen LogP contribution in [0, 0.1) is 5.92 Å². The second kappa shape index (κ2) is 6.29. The molecule has 0 aromatic rings. The quantitative estimate of drug-likeness (QED) is 0.780. The van der Waals surface area contributed by atoms with Gasteiger partial charge in [0, 0.05) is 26.1 Å². The third-order valence-electron chi connectivity index (χ3n) is 3.87. The molecule has 0 bridgehead atoms. The van der Waals surface area contributed by atoms with Gasteiger partial charge in [-0.15, -0.1) is 0 Å². The Labute approximate surface area is 108 Å². The fourth-order valence-corrected chi connectivity index (χ4v) is 2.90. The topological polar surface area (TPSA) is 60.9 Å². The van der Waals surface area contributed by atoms with E-state index in [1.807, 2.05) is 0 Å². The summed E-state index contributed by atoms with van der Waals surface area (Å²) in [6, 6.07) is 0. The SMILES string of the molecule is O=C1CCCN1C(=O)CN1CCCC(CCO)C1. The summed E-state index contributed by atoms with van der Waals surface area (Å²) in [7, 11) is 0. The molecule has 5 nitrogen and oxygen atoms in total. The van der Waals surface area contributed by atoms with Gasteiger partial charge in [-0.2, -0.15) is 0 Å². The van der Waals surface area contributed by atoms with E-state index in [0.29, 0.717) is 25.4 Å². The first kappa shape index (κ1) is 13.5. The molecule has 1 atom stereocenters. The molecule has 0 aromatic heterocycles. The number of aliphatic hydroxyl groups excluding tert-OH is 1. The standard InChI is InChI=1S/C13H22N2O3/c16-8-5-11-3-1-6-14(9-11)10-13(18)15-7-2-4-12(15)17/h11,16H,1-10H2. The Morgan fingerprint density at radius 3 is 2.83 bits per heavy atom. The molecule has 0 radical (unpaired) electrons. The highest BCUT2D eigenvalue weighted by Gasteiger charge is 2.29. The minimum atomic E-state index is -0.0536. The number of aliphatic hydroxyl groups is 1. The maximum atomic E-state index is 12.0. The molecule has 102 valence electrons. The van der Waals surface area contributed by atoms with Crippen molar-refractivity contribution in [3.63, 3.8) is 0 Å². The number of rotatable bonds is 4. The lowest BCUT2D eigenvalue weighted by atomic mass is 9.95. The molecule has 5 heteroatoms. The van der Waals surface area contributed by atoms with Crippen LogP contribution in [-0.2, 0) is 9.59 Å². The van der Waals surface area contributed by atoms with Crippen LogP contribution in [-0.4, -0.2) is 59.5 Å². The van der Waals surface area contributed by atoms with Crippen LogP contribution in [0.1, 0.15) is 32.1 Å². The molecule has 18 heavy (non-hydrogen) atoms. The summed E-state index contributed by atoms with van der Waals surface area (Å²) in [5, 5.41) is 8.96. The van der Waals surface area contributed by atoms with Crippen LogP contribution in [0.2, 0.25) is 0 Å². The first-order valence-corrected chi connectivity index (χ1v) is 6.87. The summed E-state index contributed by atoms with van der Waals surface area (Å²) in [5.74, 6) is 0.414. The number of hydrogen-bond donors (Lipinski definition) is 1. The van der Waals surface area contributed by atoms with E-state index < -0.39 is 0 Å². The molecule has 0 saturated carbocycles. The molecule has 2 heterocycles. The zero-order valence-electron chi connectivity index (χ0n) is 10.8. The molecule has 2 amide bonds. The maximum absolute atomic E-state index is 12.0. The van der Waals surface area contributed by atoms with Crippen molar-refractivity contribution in [2.24, 2.45) is 5.92 Å². The van der Waals surface area contributed by atoms with Crippen molar-refractivity contribution in [3.05, 3.63) is 0 Å². The second-order valence-electron chi connectivity index (χ2n) is 5.30. The highest BCUT2D eigenvalue weighted by Crippen LogP contribution is 2.19. The van der Waals surface area contributed by atoms with Crippen LogP contribution < -0.4 is 0 Å². The number of imide groups is 1. The maximum Gasteiger partial charge on any atom is 0.243 e. The number of hydrogen-bond acceptors (Lipinski definition) is 4. The van der Waals surface area contributed by atoms with E-state index in [1.165, 1.54) is 4.90 Å². The van der Waals surface area contributed by atoms with E-state index in [-0.39, 0.29) is 18.4 Å². The molecule has 2 saturated heterocycles. The average Bonchev–Trinajstić information content (AvgIpc) is 2.76. The predicted octanol–water partition coefficient (Wildman–Crippen LogP) is 0.230. The van der Waals surface area contributed by atoms with Gasteiger partial charge in [0.2, 0.25) is 11.8 Å². The van der Waals surface area contributed by atoms with Gasteiger partial charge in [-0.1, -0.05) is 0 Å². The van der Waals surface area contributed by atoms with Crippen LogP contribution in [0.4, 0.5) is 0 Å². The van der Waals surface area contributed by atoms with Crippen LogP contribution in [0.15, 0.2) is 0 Å². The molecular formula is C13H22N2O3. The molecule has 0 spiro atoms. The summed E-state index contributed by atoms with van der Waals surface area (Å²) in [5.41, 5.74) is 0. The molecule has 2 fully saturated rings. The number of carbonyl (C=O) groups excluding carboxylic acids is 2. The van der Waals surface area contributed by atoms with E-state index in [9.17, 15) is 9.59 Å². The van der Waals surface area contributed by atoms with Gasteiger partial charge in [0.25, 0.3) is 0 Å². The van der Waals surface area contributed by atoms with E-state index in [4.69, 9.17) is 5.11 Å². The van der Waals surface area contributed by atoms with Crippen molar-refractivity contribution in [2.45, 2.75) is 32.1 Å². The van der Waals surface area contributed by atoms with Gasteiger partial charge in [0.05, 0.1) is 6.54 Å². The van der Waals surface area contributed by atoms with Gasteiger partial charge in [-0.05, 0) is 38.1 Å². The molecule has 2 aliphatic rings. The Morgan fingerprint density at radius 2 is 2.17 bits per heavy atom. The van der Waals surface area contributed by atoms with Gasteiger partial charge in [0.1, 0.15) is 0 Å². The van der Waals surface area contributed by atoms with Gasteiger partial charge in [-0.3, -0.25) is 19.4 Å². The van der Waals surface area contributed by atoms with Crippen LogP contribution in [0.5, 0.6) is 0 Å². The Hall–Kier alpha value is -0.940. The van der Waals surface area contributed by atoms with Gasteiger partial charge in [0.15, 0.2) is 0 Å². The number of nitrogens with zero attached hydrogens (tertiary/aromatic N) is 2. The fourth-order valence-electron chi connectivity index (χ4n) is 2.90. The van der Waals surface area contributed by atoms with E-state index >= 15 is 0 Å². The molecular weight excluding hydrogens is 232 g/mol. The Bertz CT molecular complexity index is 317. The van der Waals surface area contributed by atoms with E-state index in [0.717, 1.165) is 38.8 Å². The first-order chi connectivity index (χ1) is 8.70. The summed E-state index contributed by atoms with van der Waals surface area (Å²) < 4.78 is 0. The minimum absolute atomic E-state index is 0.0242. The molecule has 2 rings (SSSR count). The van der Waals surface area contributed by atoms with Crippen molar-refractivity contribution in [2.75, 3.05) is 32.8 Å². The van der Waals surface area contributed by atoms with Gasteiger partial charge in [-0.25, -0.2) is 0 Å². The second-order valence-corrected chi connectivity index (χ2v) is 5.30. The zero-order chi connectivity index (χ0) is 13.0. The first-order valence-electron chi connectivity index (χ1n) is 6.87. The fraction of sp³-hybridized carbons (Fsp3) is 0.846. The van der Waals surface area contributed by atoms with Crippen molar-refractivity contribution in [3.8, 4) is 0 Å². The molecule has 0 aliphatic carbocycles. The summed E-state index contributed by atoms with van der Waals surface area (Å²) in [4.78, 5) is 27.0. The number of piperidine rings is 1.